The van der Waals surface area contributed by atoms with Crippen molar-refractivity contribution < 1.29 is 11.3 Å². The second-order valence-electron chi connectivity index (χ2n) is 12.1. The van der Waals surface area contributed by atoms with Gasteiger partial charge in [0.1, 0.15) is 11.2 Å². The minimum atomic E-state index is -0.475. The molecule has 4 nitrogen and oxygen atoms in total. The molecule has 0 saturated carbocycles. The largest absolute Gasteiger partial charge is 0.456 e. The minimum absolute atomic E-state index is 0.00334. The summed E-state index contributed by atoms with van der Waals surface area (Å²) < 4.78 is 48.5. The number of aromatic nitrogens is 3. The Morgan fingerprint density at radius 3 is 2.00 bits per heavy atom. The Labute approximate surface area is 258 Å². The molecule has 0 N–H and O–H groups in total. The van der Waals surface area contributed by atoms with Gasteiger partial charge in [0.05, 0.1) is 6.85 Å². The zero-order valence-corrected chi connectivity index (χ0v) is 24.3. The van der Waals surface area contributed by atoms with E-state index < -0.39 is 18.1 Å². The summed E-state index contributed by atoms with van der Waals surface area (Å²) in [5.74, 6) is 0.629. The van der Waals surface area contributed by atoms with E-state index in [-0.39, 0.29) is 34.3 Å². The van der Waals surface area contributed by atoms with Gasteiger partial charge in [-0.25, -0.2) is 15.0 Å². The van der Waals surface area contributed by atoms with Crippen LogP contribution in [0.4, 0.5) is 0 Å². The maximum atomic E-state index is 8.74. The lowest BCUT2D eigenvalue weighted by molar-refractivity contribution is 0.299. The molecule has 0 radical (unpaired) electrons. The quantitative estimate of drug-likeness (QED) is 0.215. The molecular weight excluding hydrogens is 526 g/mol. The van der Waals surface area contributed by atoms with Gasteiger partial charge in [-0.3, -0.25) is 0 Å². The molecule has 4 heteroatoms. The van der Waals surface area contributed by atoms with Crippen LogP contribution in [0.15, 0.2) is 120 Å². The normalized spacial score (nSPS) is 16.5. The molecule has 1 aliphatic carbocycles. The Morgan fingerprint density at radius 2 is 1.19 bits per heavy atom. The fraction of sp³-hybridized carbons (Fsp3) is 0.154. The molecule has 0 unspecified atom stereocenters. The summed E-state index contributed by atoms with van der Waals surface area (Å²) >= 11 is 0. The first-order valence-corrected chi connectivity index (χ1v) is 14.4. The van der Waals surface area contributed by atoms with Gasteiger partial charge in [-0.15, -0.1) is 0 Å². The number of benzene rings is 5. The second kappa shape index (κ2) is 9.20. The van der Waals surface area contributed by atoms with Crippen LogP contribution in [0.2, 0.25) is 0 Å². The van der Waals surface area contributed by atoms with Gasteiger partial charge < -0.3 is 4.42 Å². The van der Waals surface area contributed by atoms with Crippen molar-refractivity contribution in [2.45, 2.75) is 38.5 Å². The predicted molar refractivity (Wildman–Crippen MR) is 175 cm³/mol. The topological polar surface area (TPSA) is 51.8 Å². The second-order valence-corrected chi connectivity index (χ2v) is 12.1. The van der Waals surface area contributed by atoms with Gasteiger partial charge in [0, 0.05) is 27.5 Å². The van der Waals surface area contributed by atoms with Crippen LogP contribution >= 0.6 is 0 Å². The number of hydrogen-bond acceptors (Lipinski definition) is 4. The van der Waals surface area contributed by atoms with Crippen LogP contribution in [-0.2, 0) is 10.8 Å². The number of furan rings is 1. The molecule has 0 atom stereocenters. The maximum Gasteiger partial charge on any atom is 0.164 e. The van der Waals surface area contributed by atoms with Gasteiger partial charge in [-0.2, -0.15) is 0 Å². The number of fused-ring (bicyclic) bond motifs is 6. The number of para-hydroxylation sites is 1. The van der Waals surface area contributed by atoms with E-state index in [1.54, 1.807) is 0 Å². The highest BCUT2D eigenvalue weighted by Gasteiger charge is 2.45. The summed E-state index contributed by atoms with van der Waals surface area (Å²) in [7, 11) is 0. The Balaban J connectivity index is 1.43. The Hall–Kier alpha value is -5.09. The van der Waals surface area contributed by atoms with Crippen LogP contribution in [0.1, 0.15) is 45.7 Å². The van der Waals surface area contributed by atoms with E-state index in [0.29, 0.717) is 22.8 Å². The number of nitrogens with zero attached hydrogens (tertiary/aromatic N) is 3. The molecule has 0 fully saturated rings. The first-order chi connectivity index (χ1) is 22.9. The molecule has 5 aromatic carbocycles. The van der Waals surface area contributed by atoms with E-state index in [4.69, 9.17) is 26.2 Å². The van der Waals surface area contributed by atoms with Gasteiger partial charge in [0.2, 0.25) is 0 Å². The van der Waals surface area contributed by atoms with Crippen LogP contribution in [-0.4, -0.2) is 15.0 Å². The molecular formula is C39H31N3O. The molecule has 2 aromatic heterocycles. The first-order valence-electron chi connectivity index (χ1n) is 16.9. The number of rotatable bonds is 3. The maximum absolute atomic E-state index is 8.74. The molecule has 0 spiro atoms. The zero-order valence-electron chi connectivity index (χ0n) is 29.3. The summed E-state index contributed by atoms with van der Waals surface area (Å²) in [6.45, 7) is 9.12. The summed E-state index contributed by atoms with van der Waals surface area (Å²) in [4.78, 5) is 14.6. The van der Waals surface area contributed by atoms with Crippen LogP contribution in [0, 0.1) is 0 Å². The average Bonchev–Trinajstić information content (AvgIpc) is 3.48. The van der Waals surface area contributed by atoms with Crippen LogP contribution in [0.5, 0.6) is 0 Å². The highest BCUT2D eigenvalue weighted by molar-refractivity contribution is 6.11. The third kappa shape index (κ3) is 3.79. The molecule has 0 aliphatic heterocycles. The molecule has 208 valence electrons. The Morgan fingerprint density at radius 1 is 0.558 bits per heavy atom. The van der Waals surface area contributed by atoms with Crippen LogP contribution in [0.3, 0.4) is 0 Å². The third-order valence-electron chi connectivity index (χ3n) is 9.41. The van der Waals surface area contributed by atoms with Gasteiger partial charge in [-0.05, 0) is 51.3 Å². The van der Waals surface area contributed by atoms with E-state index in [2.05, 4.69) is 64.1 Å². The van der Waals surface area contributed by atoms with Crippen molar-refractivity contribution in [1.82, 2.24) is 15.0 Å². The van der Waals surface area contributed by atoms with Crippen molar-refractivity contribution in [3.05, 3.63) is 126 Å². The van der Waals surface area contributed by atoms with E-state index in [1.807, 2.05) is 48.5 Å². The Bertz CT molecular complexity index is 2450. The summed E-state index contributed by atoms with van der Waals surface area (Å²) in [6, 6.07) is 26.0. The molecule has 43 heavy (non-hydrogen) atoms. The zero-order chi connectivity index (χ0) is 33.7. The molecule has 2 heterocycles. The lowest BCUT2D eigenvalue weighted by Gasteiger charge is -2.48. The summed E-state index contributed by atoms with van der Waals surface area (Å²) in [6.07, 6.45) is 0. The van der Waals surface area contributed by atoms with Gasteiger partial charge in [-0.1, -0.05) is 125 Å². The smallest absolute Gasteiger partial charge is 0.164 e. The monoisotopic (exact) mass is 562 g/mol. The van der Waals surface area contributed by atoms with E-state index >= 15 is 0 Å². The lowest BCUT2D eigenvalue weighted by atomic mass is 9.55. The third-order valence-corrected chi connectivity index (χ3v) is 9.41. The molecule has 0 bridgehead atoms. The van der Waals surface area contributed by atoms with Crippen molar-refractivity contribution in [3.8, 4) is 45.3 Å². The highest BCUT2D eigenvalue weighted by atomic mass is 16.3. The van der Waals surface area contributed by atoms with Crippen molar-refractivity contribution in [2.75, 3.05) is 0 Å². The Kier molecular flexibility index (Phi) is 4.44. The molecule has 7 aromatic rings. The lowest BCUT2D eigenvalue weighted by Crippen LogP contribution is -2.43. The SMILES string of the molecule is [2H]c1c([2H])c([2H])c(-c2nc(-c3ccc4c(c3)-c3ccccc3C(C)(C)C4(C)C)nc(-c3cccc4oc5ccccc5c34)n2)c([2H])c1[2H]. The van der Waals surface area contributed by atoms with Gasteiger partial charge in [0.25, 0.3) is 0 Å². The van der Waals surface area contributed by atoms with Crippen molar-refractivity contribution in [1.29, 1.82) is 0 Å². The fourth-order valence-electron chi connectivity index (χ4n) is 6.45. The standard InChI is InChI=1S/C39H31N3O/c1-38(2)30-18-10-8-15-26(30)29-23-25(21-22-31(29)39(38,3)4)36-40-35(24-13-6-5-7-14-24)41-37(42-36)28-17-12-20-33-34(28)27-16-9-11-19-32(27)43-33/h5-23H,1-4H3/i5D,6D,7D,13D,14D. The first kappa shape index (κ1) is 20.7. The highest BCUT2D eigenvalue weighted by Crippen LogP contribution is 2.54. The molecule has 1 aliphatic rings. The van der Waals surface area contributed by atoms with E-state index in [1.165, 1.54) is 11.1 Å². The van der Waals surface area contributed by atoms with Crippen LogP contribution < -0.4 is 0 Å². The molecule has 8 rings (SSSR count). The minimum Gasteiger partial charge on any atom is -0.456 e. The van der Waals surface area contributed by atoms with Crippen molar-refractivity contribution in [3.63, 3.8) is 0 Å². The van der Waals surface area contributed by atoms with Crippen LogP contribution in [0.25, 0.3) is 67.2 Å². The van der Waals surface area contributed by atoms with Crippen molar-refractivity contribution in [2.24, 2.45) is 0 Å². The summed E-state index contributed by atoms with van der Waals surface area (Å²) in [5.41, 5.74) is 7.10. The molecule has 0 amide bonds. The molecule has 0 saturated heterocycles. The summed E-state index contributed by atoms with van der Waals surface area (Å²) in [5, 5.41) is 1.71. The van der Waals surface area contributed by atoms with E-state index in [9.17, 15) is 0 Å². The fourth-order valence-corrected chi connectivity index (χ4v) is 6.45. The average molecular weight is 563 g/mol. The van der Waals surface area contributed by atoms with Gasteiger partial charge in [0.15, 0.2) is 17.5 Å². The van der Waals surface area contributed by atoms with Gasteiger partial charge >= 0.3 is 0 Å². The van der Waals surface area contributed by atoms with Crippen molar-refractivity contribution >= 4 is 21.9 Å². The van der Waals surface area contributed by atoms with E-state index in [0.717, 1.165) is 33.0 Å². The number of hydrogen-bond donors (Lipinski definition) is 0. The predicted octanol–water partition coefficient (Wildman–Crippen LogP) is 10.0.